The summed E-state index contributed by atoms with van der Waals surface area (Å²) in [6, 6.07) is 7.94. The van der Waals surface area contributed by atoms with E-state index in [2.05, 4.69) is 29.8 Å². The Hall–Kier alpha value is -0.540. The van der Waals surface area contributed by atoms with Gasteiger partial charge in [-0.2, -0.15) is 0 Å². The molecule has 0 unspecified atom stereocenters. The van der Waals surface area contributed by atoms with Gasteiger partial charge in [-0.1, -0.05) is 29.8 Å². The minimum Gasteiger partial charge on any atom is -0.482 e. The Morgan fingerprint density at radius 2 is 1.87 bits per heavy atom. The predicted molar refractivity (Wildman–Crippen MR) is 63.2 cm³/mol. The second kappa shape index (κ2) is 4.14. The molecular formula is C12H15BrO2. The number of ether oxygens (including phenoxy) is 2. The molecule has 0 spiro atoms. The molecule has 0 radical (unpaired) electrons. The van der Waals surface area contributed by atoms with E-state index >= 15 is 0 Å². The number of rotatable bonds is 3. The van der Waals surface area contributed by atoms with Gasteiger partial charge in [0.05, 0.1) is 13.2 Å². The van der Waals surface area contributed by atoms with E-state index in [0.717, 1.165) is 10.2 Å². The monoisotopic (exact) mass is 270 g/mol. The highest BCUT2D eigenvalue weighted by atomic mass is 79.9. The summed E-state index contributed by atoms with van der Waals surface area (Å²) in [6.07, 6.45) is 0. The Morgan fingerprint density at radius 1 is 1.27 bits per heavy atom. The van der Waals surface area contributed by atoms with Crippen molar-refractivity contribution < 1.29 is 9.47 Å². The average molecular weight is 271 g/mol. The molecule has 1 aliphatic heterocycles. The van der Waals surface area contributed by atoms with Crippen molar-refractivity contribution in [1.29, 1.82) is 0 Å². The lowest BCUT2D eigenvalue weighted by Gasteiger charge is -2.44. The van der Waals surface area contributed by atoms with Gasteiger partial charge < -0.3 is 9.47 Å². The molecule has 0 bridgehead atoms. The summed E-state index contributed by atoms with van der Waals surface area (Å²) in [7, 11) is 0. The molecule has 1 saturated heterocycles. The van der Waals surface area contributed by atoms with Gasteiger partial charge in [0.15, 0.2) is 5.60 Å². The molecule has 2 nitrogen and oxygen atoms in total. The molecule has 1 heterocycles. The lowest BCUT2D eigenvalue weighted by atomic mass is 9.88. The summed E-state index contributed by atoms with van der Waals surface area (Å²) >= 11 is 3.40. The average Bonchev–Trinajstić information content (AvgIpc) is 2.13. The zero-order chi connectivity index (χ0) is 10.9. The Bertz CT molecular complexity index is 328. The van der Waals surface area contributed by atoms with E-state index in [1.807, 2.05) is 24.3 Å². The fourth-order valence-corrected chi connectivity index (χ4v) is 1.82. The number of benzene rings is 1. The predicted octanol–water partition coefficient (Wildman–Crippen LogP) is 3.25. The molecule has 0 atom stereocenters. The molecule has 1 fully saturated rings. The Balaban J connectivity index is 2.10. The maximum Gasteiger partial charge on any atom is 0.157 e. The van der Waals surface area contributed by atoms with Gasteiger partial charge in [-0.05, 0) is 30.2 Å². The van der Waals surface area contributed by atoms with E-state index in [-0.39, 0.29) is 5.60 Å². The molecule has 0 saturated carbocycles. The van der Waals surface area contributed by atoms with Gasteiger partial charge in [0.2, 0.25) is 0 Å². The van der Waals surface area contributed by atoms with Crippen LogP contribution in [0.2, 0.25) is 0 Å². The summed E-state index contributed by atoms with van der Waals surface area (Å²) in [4.78, 5) is 0. The van der Waals surface area contributed by atoms with Crippen molar-refractivity contribution in [3.8, 4) is 5.75 Å². The second-order valence-electron chi connectivity index (χ2n) is 4.27. The van der Waals surface area contributed by atoms with Crippen molar-refractivity contribution in [2.45, 2.75) is 19.4 Å². The molecule has 0 amide bonds. The molecule has 0 aliphatic carbocycles. The molecule has 1 aromatic carbocycles. The Labute approximate surface area is 98.7 Å². The molecule has 0 N–H and O–H groups in total. The van der Waals surface area contributed by atoms with E-state index in [4.69, 9.17) is 9.47 Å². The standard InChI is InChI=1S/C12H15BrO2/c1-9(2)12(7-14-8-12)15-11-5-3-10(13)4-6-11/h3-6,9H,7-8H2,1-2H3. The van der Waals surface area contributed by atoms with Gasteiger partial charge in [-0.15, -0.1) is 0 Å². The molecule has 82 valence electrons. The number of hydrogen-bond donors (Lipinski definition) is 0. The molecule has 1 aromatic rings. The first-order chi connectivity index (χ1) is 7.12. The topological polar surface area (TPSA) is 18.5 Å². The summed E-state index contributed by atoms with van der Waals surface area (Å²) in [6.45, 7) is 5.73. The SMILES string of the molecule is CC(C)C1(Oc2ccc(Br)cc2)COC1. The third kappa shape index (κ3) is 2.18. The molecule has 3 heteroatoms. The highest BCUT2D eigenvalue weighted by molar-refractivity contribution is 9.10. The zero-order valence-corrected chi connectivity index (χ0v) is 10.6. The van der Waals surface area contributed by atoms with Crippen LogP contribution in [-0.4, -0.2) is 18.8 Å². The van der Waals surface area contributed by atoms with Crippen LogP contribution in [0, 0.1) is 5.92 Å². The van der Waals surface area contributed by atoms with Crippen molar-refractivity contribution in [3.05, 3.63) is 28.7 Å². The third-order valence-electron chi connectivity index (χ3n) is 2.88. The maximum absolute atomic E-state index is 6.01. The summed E-state index contributed by atoms with van der Waals surface area (Å²) in [5.74, 6) is 1.38. The quantitative estimate of drug-likeness (QED) is 0.840. The molecule has 15 heavy (non-hydrogen) atoms. The van der Waals surface area contributed by atoms with Crippen molar-refractivity contribution >= 4 is 15.9 Å². The first kappa shape index (κ1) is 11.0. The first-order valence-electron chi connectivity index (χ1n) is 5.15. The van der Waals surface area contributed by atoms with Crippen LogP contribution in [0.25, 0.3) is 0 Å². The lowest BCUT2D eigenvalue weighted by Crippen LogP contribution is -2.58. The van der Waals surface area contributed by atoms with Crippen molar-refractivity contribution in [1.82, 2.24) is 0 Å². The van der Waals surface area contributed by atoms with Gasteiger partial charge in [0, 0.05) is 4.47 Å². The van der Waals surface area contributed by atoms with Crippen molar-refractivity contribution in [3.63, 3.8) is 0 Å². The van der Waals surface area contributed by atoms with Crippen molar-refractivity contribution in [2.75, 3.05) is 13.2 Å². The first-order valence-corrected chi connectivity index (χ1v) is 5.94. The van der Waals surface area contributed by atoms with Crippen LogP contribution in [0.5, 0.6) is 5.75 Å². The summed E-state index contributed by atoms with van der Waals surface area (Å²) in [5, 5.41) is 0. The minimum absolute atomic E-state index is 0.117. The second-order valence-corrected chi connectivity index (χ2v) is 5.18. The van der Waals surface area contributed by atoms with Crippen LogP contribution in [0.4, 0.5) is 0 Å². The highest BCUT2D eigenvalue weighted by Gasteiger charge is 2.44. The van der Waals surface area contributed by atoms with E-state index in [9.17, 15) is 0 Å². The van der Waals surface area contributed by atoms with E-state index in [1.54, 1.807) is 0 Å². The molecular weight excluding hydrogens is 256 g/mol. The summed E-state index contributed by atoms with van der Waals surface area (Å²) < 4.78 is 12.3. The highest BCUT2D eigenvalue weighted by Crippen LogP contribution is 2.32. The zero-order valence-electron chi connectivity index (χ0n) is 9.00. The summed E-state index contributed by atoms with van der Waals surface area (Å²) in [5.41, 5.74) is -0.117. The van der Waals surface area contributed by atoms with Gasteiger partial charge >= 0.3 is 0 Å². The van der Waals surface area contributed by atoms with Crippen LogP contribution in [0.3, 0.4) is 0 Å². The Morgan fingerprint density at radius 3 is 2.27 bits per heavy atom. The maximum atomic E-state index is 6.01. The third-order valence-corrected chi connectivity index (χ3v) is 3.41. The largest absolute Gasteiger partial charge is 0.482 e. The molecule has 0 aromatic heterocycles. The fourth-order valence-electron chi connectivity index (χ4n) is 1.55. The van der Waals surface area contributed by atoms with Crippen LogP contribution in [0.1, 0.15) is 13.8 Å². The Kier molecular flexibility index (Phi) is 3.03. The van der Waals surface area contributed by atoms with Crippen LogP contribution in [0.15, 0.2) is 28.7 Å². The minimum atomic E-state index is -0.117. The van der Waals surface area contributed by atoms with Crippen LogP contribution >= 0.6 is 15.9 Å². The van der Waals surface area contributed by atoms with Gasteiger partial charge in [-0.3, -0.25) is 0 Å². The van der Waals surface area contributed by atoms with Crippen LogP contribution in [-0.2, 0) is 4.74 Å². The van der Waals surface area contributed by atoms with Gasteiger partial charge in [0.1, 0.15) is 5.75 Å². The smallest absolute Gasteiger partial charge is 0.157 e. The number of halogens is 1. The normalized spacial score (nSPS) is 18.7. The molecule has 2 rings (SSSR count). The fraction of sp³-hybridized carbons (Fsp3) is 0.500. The van der Waals surface area contributed by atoms with E-state index < -0.39 is 0 Å². The lowest BCUT2D eigenvalue weighted by molar-refractivity contribution is -0.184. The number of hydrogen-bond acceptors (Lipinski definition) is 2. The van der Waals surface area contributed by atoms with E-state index in [0.29, 0.717) is 19.1 Å². The van der Waals surface area contributed by atoms with Gasteiger partial charge in [0.25, 0.3) is 0 Å². The molecule has 1 aliphatic rings. The van der Waals surface area contributed by atoms with Gasteiger partial charge in [-0.25, -0.2) is 0 Å². The van der Waals surface area contributed by atoms with Crippen LogP contribution < -0.4 is 4.74 Å². The van der Waals surface area contributed by atoms with E-state index in [1.165, 1.54) is 0 Å². The van der Waals surface area contributed by atoms with Crippen molar-refractivity contribution in [2.24, 2.45) is 5.92 Å².